The second kappa shape index (κ2) is 9.29. The van der Waals surface area contributed by atoms with Gasteiger partial charge in [-0.1, -0.05) is 25.5 Å². The minimum Gasteiger partial charge on any atom is -0.381 e. The summed E-state index contributed by atoms with van der Waals surface area (Å²) in [6.07, 6.45) is 4.08. The van der Waals surface area contributed by atoms with E-state index in [1.807, 2.05) is 31.2 Å². The Morgan fingerprint density at radius 1 is 1.38 bits per heavy atom. The van der Waals surface area contributed by atoms with E-state index in [1.165, 1.54) is 0 Å². The summed E-state index contributed by atoms with van der Waals surface area (Å²) in [7, 11) is 0. The molecular weight excluding hydrogens is 300 g/mol. The van der Waals surface area contributed by atoms with Crippen LogP contribution < -0.4 is 10.6 Å². The smallest absolute Gasteiger partial charge is 0.237 e. The Morgan fingerprint density at radius 3 is 2.75 bits per heavy atom. The van der Waals surface area contributed by atoms with E-state index in [-0.39, 0.29) is 11.9 Å². The Labute approximate surface area is 145 Å². The van der Waals surface area contributed by atoms with Crippen molar-refractivity contribution in [1.29, 1.82) is 5.26 Å². The summed E-state index contributed by atoms with van der Waals surface area (Å²) in [6, 6.07) is 10.1. The number of carbonyl (C=O) groups is 1. The van der Waals surface area contributed by atoms with E-state index >= 15 is 0 Å². The van der Waals surface area contributed by atoms with Gasteiger partial charge in [0, 0.05) is 25.7 Å². The molecule has 0 spiro atoms. The molecule has 1 atom stereocenters. The Morgan fingerprint density at radius 2 is 2.08 bits per heavy atom. The minimum absolute atomic E-state index is 0.0748. The minimum atomic E-state index is -0.0748. The van der Waals surface area contributed by atoms with Gasteiger partial charge in [0.15, 0.2) is 0 Å². The fourth-order valence-corrected chi connectivity index (χ4v) is 3.06. The van der Waals surface area contributed by atoms with Gasteiger partial charge in [0.05, 0.1) is 17.3 Å². The van der Waals surface area contributed by atoms with Gasteiger partial charge in [-0.3, -0.25) is 9.69 Å². The highest BCUT2D eigenvalue weighted by molar-refractivity contribution is 5.81. The summed E-state index contributed by atoms with van der Waals surface area (Å²) in [4.78, 5) is 14.4. The molecule has 24 heavy (non-hydrogen) atoms. The number of carbonyl (C=O) groups excluding carboxylic acids is 1. The molecule has 5 heteroatoms. The summed E-state index contributed by atoms with van der Waals surface area (Å²) in [6.45, 7) is 6.67. The van der Waals surface area contributed by atoms with Crippen molar-refractivity contribution >= 4 is 11.6 Å². The quantitative estimate of drug-likeness (QED) is 0.755. The van der Waals surface area contributed by atoms with Gasteiger partial charge in [-0.25, -0.2) is 0 Å². The SMILES string of the molecule is CCCCNC(=O)C(C)N1CCC(Nc2ccccc2C#N)CC1. The van der Waals surface area contributed by atoms with E-state index in [4.69, 9.17) is 5.26 Å². The maximum Gasteiger partial charge on any atom is 0.237 e. The largest absolute Gasteiger partial charge is 0.381 e. The summed E-state index contributed by atoms with van der Waals surface area (Å²) < 4.78 is 0. The molecule has 1 saturated heterocycles. The van der Waals surface area contributed by atoms with Crippen molar-refractivity contribution in [2.24, 2.45) is 0 Å². The molecule has 1 fully saturated rings. The number of rotatable bonds is 7. The fourth-order valence-electron chi connectivity index (χ4n) is 3.06. The first-order chi connectivity index (χ1) is 11.7. The summed E-state index contributed by atoms with van der Waals surface area (Å²) in [5.41, 5.74) is 1.59. The molecule has 1 heterocycles. The first-order valence-corrected chi connectivity index (χ1v) is 8.93. The van der Waals surface area contributed by atoms with Gasteiger partial charge >= 0.3 is 0 Å². The maximum absolute atomic E-state index is 12.2. The molecule has 0 aliphatic carbocycles. The standard InChI is InChI=1S/C19H28N4O/c1-3-4-11-21-19(24)15(2)23-12-9-17(10-13-23)22-18-8-6-5-7-16(18)14-20/h5-8,15,17,22H,3-4,9-13H2,1-2H3,(H,21,24). The fraction of sp³-hybridized carbons (Fsp3) is 0.579. The third-order valence-electron chi connectivity index (χ3n) is 4.69. The van der Waals surface area contributed by atoms with E-state index < -0.39 is 0 Å². The molecule has 0 bridgehead atoms. The maximum atomic E-state index is 12.2. The second-order valence-electron chi connectivity index (χ2n) is 6.43. The molecule has 0 radical (unpaired) electrons. The van der Waals surface area contributed by atoms with Crippen LogP contribution in [0.15, 0.2) is 24.3 Å². The molecule has 1 unspecified atom stereocenters. The number of piperidine rings is 1. The Balaban J connectivity index is 1.81. The van der Waals surface area contributed by atoms with Crippen molar-refractivity contribution in [3.63, 3.8) is 0 Å². The molecule has 1 aliphatic heterocycles. The molecule has 2 N–H and O–H groups in total. The Kier molecular flexibility index (Phi) is 7.07. The van der Waals surface area contributed by atoms with E-state index in [0.717, 1.165) is 51.0 Å². The third-order valence-corrected chi connectivity index (χ3v) is 4.69. The van der Waals surface area contributed by atoms with Crippen LogP contribution in [0, 0.1) is 11.3 Å². The zero-order chi connectivity index (χ0) is 17.4. The van der Waals surface area contributed by atoms with Crippen LogP contribution in [-0.2, 0) is 4.79 Å². The number of amides is 1. The van der Waals surface area contributed by atoms with Crippen LogP contribution in [-0.4, -0.2) is 42.5 Å². The Hall–Kier alpha value is -2.06. The molecule has 0 saturated carbocycles. The zero-order valence-electron chi connectivity index (χ0n) is 14.7. The van der Waals surface area contributed by atoms with Crippen molar-refractivity contribution in [3.8, 4) is 6.07 Å². The molecule has 1 aromatic rings. The number of nitrogens with one attached hydrogen (secondary N) is 2. The van der Waals surface area contributed by atoms with Crippen molar-refractivity contribution in [3.05, 3.63) is 29.8 Å². The van der Waals surface area contributed by atoms with Gasteiger partial charge in [0.2, 0.25) is 5.91 Å². The lowest BCUT2D eigenvalue weighted by Crippen LogP contribution is -2.50. The van der Waals surface area contributed by atoms with E-state index in [9.17, 15) is 4.79 Å². The zero-order valence-corrected chi connectivity index (χ0v) is 14.7. The number of nitrogens with zero attached hydrogens (tertiary/aromatic N) is 2. The van der Waals surface area contributed by atoms with Gasteiger partial charge in [0.1, 0.15) is 6.07 Å². The monoisotopic (exact) mass is 328 g/mol. The average Bonchev–Trinajstić information content (AvgIpc) is 2.62. The normalized spacial score (nSPS) is 17.0. The third kappa shape index (κ3) is 4.97. The van der Waals surface area contributed by atoms with Gasteiger partial charge < -0.3 is 10.6 Å². The number of nitriles is 1. The van der Waals surface area contributed by atoms with Crippen molar-refractivity contribution in [2.75, 3.05) is 25.0 Å². The van der Waals surface area contributed by atoms with E-state index in [0.29, 0.717) is 11.6 Å². The Bertz CT molecular complexity index is 573. The molecule has 0 aromatic heterocycles. The second-order valence-corrected chi connectivity index (χ2v) is 6.43. The van der Waals surface area contributed by atoms with Gasteiger partial charge in [-0.05, 0) is 38.3 Å². The molecule has 1 amide bonds. The first-order valence-electron chi connectivity index (χ1n) is 8.93. The summed E-state index contributed by atoms with van der Waals surface area (Å²) >= 11 is 0. The van der Waals surface area contributed by atoms with Crippen LogP contribution in [0.4, 0.5) is 5.69 Å². The molecule has 1 aromatic carbocycles. The van der Waals surface area contributed by atoms with E-state index in [2.05, 4.69) is 28.5 Å². The van der Waals surface area contributed by atoms with Crippen LogP contribution in [0.5, 0.6) is 0 Å². The highest BCUT2D eigenvalue weighted by atomic mass is 16.2. The lowest BCUT2D eigenvalue weighted by Gasteiger charge is -2.36. The van der Waals surface area contributed by atoms with Gasteiger partial charge in [-0.2, -0.15) is 5.26 Å². The number of hydrogen-bond donors (Lipinski definition) is 2. The lowest BCUT2D eigenvalue weighted by molar-refractivity contribution is -0.126. The molecule has 130 valence electrons. The first kappa shape index (κ1) is 18.3. The topological polar surface area (TPSA) is 68.2 Å². The number of benzene rings is 1. The summed E-state index contributed by atoms with van der Waals surface area (Å²) in [5, 5.41) is 15.7. The number of hydrogen-bond acceptors (Lipinski definition) is 4. The lowest BCUT2D eigenvalue weighted by atomic mass is 10.0. The number of likely N-dealkylation sites (tertiary alicyclic amines) is 1. The van der Waals surface area contributed by atoms with Crippen LogP contribution in [0.3, 0.4) is 0 Å². The molecule has 5 nitrogen and oxygen atoms in total. The van der Waals surface area contributed by atoms with Crippen molar-refractivity contribution < 1.29 is 4.79 Å². The van der Waals surface area contributed by atoms with Crippen LogP contribution in [0.2, 0.25) is 0 Å². The van der Waals surface area contributed by atoms with Crippen LogP contribution >= 0.6 is 0 Å². The molecular formula is C19H28N4O. The van der Waals surface area contributed by atoms with Gasteiger partial charge in [0.25, 0.3) is 0 Å². The van der Waals surface area contributed by atoms with Gasteiger partial charge in [-0.15, -0.1) is 0 Å². The predicted molar refractivity (Wildman–Crippen MR) is 96.8 cm³/mol. The highest BCUT2D eigenvalue weighted by Crippen LogP contribution is 2.20. The van der Waals surface area contributed by atoms with Crippen molar-refractivity contribution in [1.82, 2.24) is 10.2 Å². The van der Waals surface area contributed by atoms with E-state index in [1.54, 1.807) is 0 Å². The van der Waals surface area contributed by atoms with Crippen LogP contribution in [0.1, 0.15) is 45.1 Å². The highest BCUT2D eigenvalue weighted by Gasteiger charge is 2.26. The molecule has 1 aliphatic rings. The van der Waals surface area contributed by atoms with Crippen molar-refractivity contribution in [2.45, 2.75) is 51.6 Å². The molecule has 2 rings (SSSR count). The van der Waals surface area contributed by atoms with Crippen LogP contribution in [0.25, 0.3) is 0 Å². The number of para-hydroxylation sites is 1. The summed E-state index contributed by atoms with van der Waals surface area (Å²) in [5.74, 6) is 0.129. The average molecular weight is 328 g/mol. The number of anilines is 1. The number of unbranched alkanes of at least 4 members (excludes halogenated alkanes) is 1. The predicted octanol–water partition coefficient (Wildman–Crippen LogP) is 2.74.